The van der Waals surface area contributed by atoms with Crippen molar-refractivity contribution < 1.29 is 9.53 Å². The van der Waals surface area contributed by atoms with Gasteiger partial charge in [0.25, 0.3) is 0 Å². The maximum absolute atomic E-state index is 11.2. The number of carbonyl (C=O) groups is 1. The summed E-state index contributed by atoms with van der Waals surface area (Å²) in [4.78, 5) is 11.2. The lowest BCUT2D eigenvalue weighted by atomic mass is 10.0. The molecule has 0 atom stereocenters. The fourth-order valence-electron chi connectivity index (χ4n) is 2.74. The van der Waals surface area contributed by atoms with E-state index in [1.807, 2.05) is 0 Å². The Morgan fingerprint density at radius 2 is 1.46 bits per heavy atom. The van der Waals surface area contributed by atoms with E-state index in [1.165, 1.54) is 22.3 Å². The van der Waals surface area contributed by atoms with Crippen LogP contribution in [0.25, 0.3) is 11.1 Å². The summed E-state index contributed by atoms with van der Waals surface area (Å²) in [5, 5.41) is 2.66. The predicted molar refractivity (Wildman–Crippen MR) is 98.8 cm³/mol. The molecule has 0 aliphatic heterocycles. The molecule has 0 aromatic heterocycles. The minimum absolute atomic E-state index is 0.135. The number of hydrogen-bond acceptors (Lipinski definition) is 2. The first-order valence-electron chi connectivity index (χ1n) is 8.60. The molecule has 3 nitrogen and oxygen atoms in total. The number of aryl methyl sites for hydroxylation is 1. The van der Waals surface area contributed by atoms with Gasteiger partial charge in [-0.05, 0) is 41.5 Å². The Bertz CT molecular complexity index is 617. The maximum atomic E-state index is 11.2. The molecule has 2 rings (SSSR count). The molecule has 2 aromatic rings. The fraction of sp³-hybridized carbons (Fsp3) is 0.381. The number of hydrogen-bond donors (Lipinski definition) is 1. The van der Waals surface area contributed by atoms with Gasteiger partial charge in [0.2, 0.25) is 5.91 Å². The minimum atomic E-state index is 0.135. The fourth-order valence-corrected chi connectivity index (χ4v) is 2.74. The zero-order chi connectivity index (χ0) is 17.2. The summed E-state index contributed by atoms with van der Waals surface area (Å²) in [5.41, 5.74) is 5.01. The molecule has 1 N–H and O–H groups in total. The highest BCUT2D eigenvalue weighted by Gasteiger charge is 2.01. The molecule has 1 amide bonds. The number of amides is 1. The van der Waals surface area contributed by atoms with E-state index in [9.17, 15) is 4.79 Å². The highest BCUT2D eigenvalue weighted by Crippen LogP contribution is 2.21. The molecule has 0 saturated carbocycles. The lowest BCUT2D eigenvalue weighted by Gasteiger charge is -2.06. The molecular formula is C21H27NO2. The first-order valence-corrected chi connectivity index (χ1v) is 8.60. The third-order valence-electron chi connectivity index (χ3n) is 4.20. The molecule has 128 valence electrons. The molecular weight excluding hydrogens is 298 g/mol. The van der Waals surface area contributed by atoms with E-state index in [0.29, 0.717) is 13.0 Å². The van der Waals surface area contributed by atoms with Crippen LogP contribution in [-0.4, -0.2) is 20.1 Å². The minimum Gasteiger partial charge on any atom is -0.380 e. The Hall–Kier alpha value is -2.13. The van der Waals surface area contributed by atoms with E-state index in [-0.39, 0.29) is 5.91 Å². The van der Waals surface area contributed by atoms with Crippen molar-refractivity contribution in [1.82, 2.24) is 5.32 Å². The van der Waals surface area contributed by atoms with Crippen molar-refractivity contribution in [1.29, 1.82) is 0 Å². The lowest BCUT2D eigenvalue weighted by Crippen LogP contribution is -2.16. The van der Waals surface area contributed by atoms with Crippen LogP contribution in [0.2, 0.25) is 0 Å². The second-order valence-electron chi connectivity index (χ2n) is 6.06. The van der Waals surface area contributed by atoms with Crippen LogP contribution in [0, 0.1) is 0 Å². The number of carbonyl (C=O) groups excluding carboxylic acids is 1. The number of benzene rings is 2. The van der Waals surface area contributed by atoms with Gasteiger partial charge >= 0.3 is 0 Å². The van der Waals surface area contributed by atoms with Crippen molar-refractivity contribution in [2.45, 2.75) is 38.7 Å². The van der Waals surface area contributed by atoms with Crippen LogP contribution in [0.5, 0.6) is 0 Å². The van der Waals surface area contributed by atoms with Crippen LogP contribution in [0.3, 0.4) is 0 Å². The van der Waals surface area contributed by atoms with E-state index in [1.54, 1.807) is 14.2 Å². The van der Waals surface area contributed by atoms with E-state index < -0.39 is 0 Å². The average molecular weight is 325 g/mol. The van der Waals surface area contributed by atoms with Crippen molar-refractivity contribution in [3.05, 3.63) is 59.7 Å². The lowest BCUT2D eigenvalue weighted by molar-refractivity contribution is -0.120. The summed E-state index contributed by atoms with van der Waals surface area (Å²) in [7, 11) is 3.40. The topological polar surface area (TPSA) is 38.3 Å². The van der Waals surface area contributed by atoms with Crippen molar-refractivity contribution in [3.8, 4) is 11.1 Å². The number of ether oxygens (including phenoxy) is 1. The maximum Gasteiger partial charge on any atom is 0.219 e. The Kier molecular flexibility index (Phi) is 7.50. The third kappa shape index (κ3) is 5.82. The Balaban J connectivity index is 1.81. The van der Waals surface area contributed by atoms with E-state index >= 15 is 0 Å². The third-order valence-corrected chi connectivity index (χ3v) is 4.20. The zero-order valence-corrected chi connectivity index (χ0v) is 14.7. The predicted octanol–water partition coefficient (Wildman–Crippen LogP) is 4.35. The van der Waals surface area contributed by atoms with Gasteiger partial charge < -0.3 is 10.1 Å². The Morgan fingerprint density at radius 3 is 2.00 bits per heavy atom. The van der Waals surface area contributed by atoms with Crippen LogP contribution in [0.4, 0.5) is 0 Å². The van der Waals surface area contributed by atoms with Crippen molar-refractivity contribution in [2.75, 3.05) is 14.2 Å². The summed E-state index contributed by atoms with van der Waals surface area (Å²) in [6.45, 7) is 0.652. The second-order valence-corrected chi connectivity index (χ2v) is 6.06. The Morgan fingerprint density at radius 1 is 0.875 bits per heavy atom. The summed E-state index contributed by atoms with van der Waals surface area (Å²) in [6.07, 6.45) is 4.89. The normalized spacial score (nSPS) is 10.6. The van der Waals surface area contributed by atoms with Gasteiger partial charge in [-0.15, -0.1) is 0 Å². The van der Waals surface area contributed by atoms with Crippen molar-refractivity contribution in [2.24, 2.45) is 0 Å². The molecule has 0 aliphatic rings. The van der Waals surface area contributed by atoms with Crippen LogP contribution < -0.4 is 5.32 Å². The monoisotopic (exact) mass is 325 g/mol. The molecule has 0 spiro atoms. The van der Waals surface area contributed by atoms with Gasteiger partial charge in [0, 0.05) is 20.6 Å². The summed E-state index contributed by atoms with van der Waals surface area (Å²) < 4.78 is 5.14. The SMILES string of the molecule is CNC(=O)CCCCCc1ccc(-c2ccc(COC)cc2)cc1. The molecule has 3 heteroatoms. The second kappa shape index (κ2) is 9.89. The van der Waals surface area contributed by atoms with E-state index in [4.69, 9.17) is 4.74 Å². The molecule has 0 bridgehead atoms. The van der Waals surface area contributed by atoms with Gasteiger partial charge in [0.1, 0.15) is 0 Å². The average Bonchev–Trinajstić information content (AvgIpc) is 2.63. The molecule has 2 aromatic carbocycles. The van der Waals surface area contributed by atoms with Crippen molar-refractivity contribution in [3.63, 3.8) is 0 Å². The first kappa shape index (κ1) is 18.2. The van der Waals surface area contributed by atoms with Gasteiger partial charge in [-0.1, -0.05) is 55.0 Å². The molecule has 0 saturated heterocycles. The highest BCUT2D eigenvalue weighted by molar-refractivity contribution is 5.75. The number of unbranched alkanes of at least 4 members (excludes halogenated alkanes) is 2. The number of nitrogens with one attached hydrogen (secondary N) is 1. The quantitative estimate of drug-likeness (QED) is 0.696. The van der Waals surface area contributed by atoms with Crippen LogP contribution >= 0.6 is 0 Å². The van der Waals surface area contributed by atoms with E-state index in [0.717, 1.165) is 25.7 Å². The first-order chi connectivity index (χ1) is 11.7. The summed E-state index contributed by atoms with van der Waals surface area (Å²) in [6, 6.07) is 17.3. The summed E-state index contributed by atoms with van der Waals surface area (Å²) >= 11 is 0. The smallest absolute Gasteiger partial charge is 0.219 e. The van der Waals surface area contributed by atoms with Gasteiger partial charge in [-0.25, -0.2) is 0 Å². The van der Waals surface area contributed by atoms with Gasteiger partial charge in [-0.2, -0.15) is 0 Å². The van der Waals surface area contributed by atoms with Gasteiger partial charge in [0.15, 0.2) is 0 Å². The largest absolute Gasteiger partial charge is 0.380 e. The molecule has 0 fully saturated rings. The molecule has 0 radical (unpaired) electrons. The van der Waals surface area contributed by atoms with Crippen molar-refractivity contribution >= 4 is 5.91 Å². The summed E-state index contributed by atoms with van der Waals surface area (Å²) in [5.74, 6) is 0.135. The number of methoxy groups -OCH3 is 1. The van der Waals surface area contributed by atoms with Crippen LogP contribution in [-0.2, 0) is 22.6 Å². The van der Waals surface area contributed by atoms with Gasteiger partial charge in [-0.3, -0.25) is 4.79 Å². The molecule has 24 heavy (non-hydrogen) atoms. The number of rotatable bonds is 9. The standard InChI is InChI=1S/C21H27NO2/c1-22-21(23)7-5-3-4-6-17-8-12-19(13-9-17)20-14-10-18(11-15-20)16-24-2/h8-15H,3-7,16H2,1-2H3,(H,22,23). The molecule has 0 unspecified atom stereocenters. The molecule has 0 heterocycles. The zero-order valence-electron chi connectivity index (χ0n) is 14.7. The van der Waals surface area contributed by atoms with Crippen LogP contribution in [0.1, 0.15) is 36.8 Å². The Labute approximate surface area is 145 Å². The molecule has 0 aliphatic carbocycles. The highest BCUT2D eigenvalue weighted by atomic mass is 16.5. The van der Waals surface area contributed by atoms with Gasteiger partial charge in [0.05, 0.1) is 6.61 Å². The van der Waals surface area contributed by atoms with Crippen LogP contribution in [0.15, 0.2) is 48.5 Å². The van der Waals surface area contributed by atoms with E-state index in [2.05, 4.69) is 53.8 Å².